The van der Waals surface area contributed by atoms with Crippen LogP contribution in [0.5, 0.6) is 0 Å². The highest BCUT2D eigenvalue weighted by Crippen LogP contribution is 2.32. The van der Waals surface area contributed by atoms with Gasteiger partial charge in [-0.2, -0.15) is 0 Å². The van der Waals surface area contributed by atoms with Gasteiger partial charge in [0.2, 0.25) is 0 Å². The second-order valence-electron chi connectivity index (χ2n) is 5.68. The maximum absolute atomic E-state index is 14.7. The Morgan fingerprint density at radius 1 is 1.43 bits per heavy atom. The lowest BCUT2D eigenvalue weighted by molar-refractivity contribution is 0.115. The van der Waals surface area contributed by atoms with E-state index in [4.69, 9.17) is 11.6 Å². The van der Waals surface area contributed by atoms with Crippen LogP contribution in [0.1, 0.15) is 19.8 Å². The molecule has 0 aliphatic carbocycles. The summed E-state index contributed by atoms with van der Waals surface area (Å²) in [5.41, 5.74) is 0.849. The first kappa shape index (κ1) is 14.5. The topological polar surface area (TPSA) is 36.4 Å². The Morgan fingerprint density at radius 2 is 2.24 bits per heavy atom. The van der Waals surface area contributed by atoms with Gasteiger partial charge in [-0.05, 0) is 38.0 Å². The number of aromatic nitrogens is 1. The number of halogens is 2. The molecule has 1 saturated heterocycles. The predicted octanol–water partition coefficient (Wildman–Crippen LogP) is 3.62. The molecule has 1 fully saturated rings. The van der Waals surface area contributed by atoms with Gasteiger partial charge in [-0.15, -0.1) is 0 Å². The first-order chi connectivity index (χ1) is 10.1. The van der Waals surface area contributed by atoms with Crippen molar-refractivity contribution in [1.29, 1.82) is 0 Å². The van der Waals surface area contributed by atoms with E-state index in [-0.39, 0.29) is 17.8 Å². The van der Waals surface area contributed by atoms with Crippen LogP contribution in [0.4, 0.5) is 10.1 Å². The standard InChI is InChI=1S/C16H18ClFN2O/c1-10(21)11-3-2-8-20(9-11)14-5-4-12-13(17)6-7-19-16(12)15(14)18/h4-7,10-11,21H,2-3,8-9H2,1H3. The van der Waals surface area contributed by atoms with Gasteiger partial charge in [0.15, 0.2) is 5.82 Å². The second kappa shape index (κ2) is 5.78. The number of hydrogen-bond donors (Lipinski definition) is 1. The molecule has 2 heterocycles. The van der Waals surface area contributed by atoms with Crippen LogP contribution >= 0.6 is 11.6 Å². The summed E-state index contributed by atoms with van der Waals surface area (Å²) in [5.74, 6) is -0.151. The van der Waals surface area contributed by atoms with Crippen LogP contribution in [0.15, 0.2) is 24.4 Å². The number of hydrogen-bond acceptors (Lipinski definition) is 3. The van der Waals surface area contributed by atoms with Crippen molar-refractivity contribution in [2.45, 2.75) is 25.9 Å². The highest BCUT2D eigenvalue weighted by molar-refractivity contribution is 6.35. The number of benzene rings is 1. The predicted molar refractivity (Wildman–Crippen MR) is 83.3 cm³/mol. The van der Waals surface area contributed by atoms with E-state index >= 15 is 0 Å². The summed E-state index contributed by atoms with van der Waals surface area (Å²) < 4.78 is 14.7. The molecule has 2 aromatic rings. The third-order valence-corrected chi connectivity index (χ3v) is 4.59. The zero-order chi connectivity index (χ0) is 15.0. The van der Waals surface area contributed by atoms with Crippen molar-refractivity contribution in [3.63, 3.8) is 0 Å². The number of aliphatic hydroxyl groups is 1. The molecule has 1 aliphatic heterocycles. The molecule has 2 unspecified atom stereocenters. The third-order valence-electron chi connectivity index (χ3n) is 4.26. The van der Waals surface area contributed by atoms with E-state index < -0.39 is 0 Å². The molecule has 0 radical (unpaired) electrons. The summed E-state index contributed by atoms with van der Waals surface area (Å²) in [4.78, 5) is 6.11. The lowest BCUT2D eigenvalue weighted by atomic mass is 9.93. The molecule has 0 bridgehead atoms. The van der Waals surface area contributed by atoms with Crippen molar-refractivity contribution in [3.05, 3.63) is 35.2 Å². The summed E-state index contributed by atoms with van der Waals surface area (Å²) in [7, 11) is 0. The quantitative estimate of drug-likeness (QED) is 0.920. The number of pyridine rings is 1. The Kier molecular flexibility index (Phi) is 4.00. The van der Waals surface area contributed by atoms with Crippen molar-refractivity contribution in [2.24, 2.45) is 5.92 Å². The molecule has 21 heavy (non-hydrogen) atoms. The molecule has 112 valence electrons. The fourth-order valence-electron chi connectivity index (χ4n) is 3.01. The maximum Gasteiger partial charge on any atom is 0.172 e. The summed E-state index contributed by atoms with van der Waals surface area (Å²) in [5, 5.41) is 10.9. The monoisotopic (exact) mass is 308 g/mol. The minimum absolute atomic E-state index is 0.182. The number of nitrogens with zero attached hydrogens (tertiary/aromatic N) is 2. The summed E-state index contributed by atoms with van der Waals surface area (Å²) in [6.07, 6.45) is 3.08. The number of fused-ring (bicyclic) bond motifs is 1. The van der Waals surface area contributed by atoms with Crippen molar-refractivity contribution >= 4 is 28.2 Å². The van der Waals surface area contributed by atoms with E-state index in [1.165, 1.54) is 6.20 Å². The fourth-order valence-corrected chi connectivity index (χ4v) is 3.22. The molecule has 0 spiro atoms. The smallest absolute Gasteiger partial charge is 0.172 e. The van der Waals surface area contributed by atoms with E-state index in [0.29, 0.717) is 28.2 Å². The van der Waals surface area contributed by atoms with Gasteiger partial charge in [0.1, 0.15) is 5.52 Å². The Hall–Kier alpha value is -1.39. The van der Waals surface area contributed by atoms with Gasteiger partial charge in [-0.1, -0.05) is 11.6 Å². The van der Waals surface area contributed by atoms with E-state index in [0.717, 1.165) is 19.4 Å². The molecular weight excluding hydrogens is 291 g/mol. The molecule has 3 rings (SSSR count). The fraction of sp³-hybridized carbons (Fsp3) is 0.438. The van der Waals surface area contributed by atoms with E-state index in [1.807, 2.05) is 11.0 Å². The van der Waals surface area contributed by atoms with E-state index in [2.05, 4.69) is 4.98 Å². The highest BCUT2D eigenvalue weighted by atomic mass is 35.5. The third kappa shape index (κ3) is 2.70. The van der Waals surface area contributed by atoms with Crippen LogP contribution in [0.3, 0.4) is 0 Å². The average Bonchev–Trinajstić information content (AvgIpc) is 2.48. The van der Waals surface area contributed by atoms with Gasteiger partial charge < -0.3 is 10.0 Å². The van der Waals surface area contributed by atoms with Crippen LogP contribution in [-0.4, -0.2) is 29.3 Å². The Labute approximate surface area is 128 Å². The largest absolute Gasteiger partial charge is 0.393 e. The number of anilines is 1. The Bertz CT molecular complexity index is 662. The molecule has 0 amide bonds. The Balaban J connectivity index is 1.99. The zero-order valence-corrected chi connectivity index (χ0v) is 12.6. The van der Waals surface area contributed by atoms with E-state index in [9.17, 15) is 9.50 Å². The molecule has 0 saturated carbocycles. The second-order valence-corrected chi connectivity index (χ2v) is 6.08. The normalized spacial score (nSPS) is 20.8. The van der Waals surface area contributed by atoms with Crippen molar-refractivity contribution in [1.82, 2.24) is 4.98 Å². The minimum atomic E-state index is -0.371. The lowest BCUT2D eigenvalue weighted by Gasteiger charge is -2.36. The SMILES string of the molecule is CC(O)C1CCCN(c2ccc3c(Cl)ccnc3c2F)C1. The van der Waals surface area contributed by atoms with Crippen LogP contribution in [0.25, 0.3) is 10.9 Å². The van der Waals surface area contributed by atoms with Crippen LogP contribution in [0.2, 0.25) is 5.02 Å². The van der Waals surface area contributed by atoms with Gasteiger partial charge in [0.25, 0.3) is 0 Å². The zero-order valence-electron chi connectivity index (χ0n) is 11.9. The molecule has 3 nitrogen and oxygen atoms in total. The average molecular weight is 309 g/mol. The van der Waals surface area contributed by atoms with Gasteiger partial charge in [-0.25, -0.2) is 4.39 Å². The molecular formula is C16H18ClFN2O. The number of rotatable bonds is 2. The highest BCUT2D eigenvalue weighted by Gasteiger charge is 2.26. The van der Waals surface area contributed by atoms with Crippen LogP contribution in [0, 0.1) is 11.7 Å². The van der Waals surface area contributed by atoms with Crippen molar-refractivity contribution in [2.75, 3.05) is 18.0 Å². The van der Waals surface area contributed by atoms with Crippen LogP contribution < -0.4 is 4.90 Å². The first-order valence-corrected chi connectivity index (χ1v) is 7.61. The lowest BCUT2D eigenvalue weighted by Crippen LogP contribution is -2.40. The van der Waals surface area contributed by atoms with E-state index in [1.54, 1.807) is 19.1 Å². The summed E-state index contributed by atoms with van der Waals surface area (Å²) >= 11 is 6.08. The number of aliphatic hydroxyl groups excluding tert-OH is 1. The summed E-state index contributed by atoms with van der Waals surface area (Å²) in [6, 6.07) is 5.23. The van der Waals surface area contributed by atoms with Gasteiger partial charge in [0, 0.05) is 30.6 Å². The molecule has 5 heteroatoms. The van der Waals surface area contributed by atoms with Crippen LogP contribution in [-0.2, 0) is 0 Å². The Morgan fingerprint density at radius 3 is 3.00 bits per heavy atom. The van der Waals surface area contributed by atoms with Crippen molar-refractivity contribution < 1.29 is 9.50 Å². The molecule has 1 N–H and O–H groups in total. The first-order valence-electron chi connectivity index (χ1n) is 7.23. The van der Waals surface area contributed by atoms with Crippen molar-refractivity contribution in [3.8, 4) is 0 Å². The van der Waals surface area contributed by atoms with Gasteiger partial charge >= 0.3 is 0 Å². The number of piperidine rings is 1. The summed E-state index contributed by atoms with van der Waals surface area (Å²) in [6.45, 7) is 3.26. The molecule has 1 aliphatic rings. The minimum Gasteiger partial charge on any atom is -0.393 e. The molecule has 1 aromatic carbocycles. The van der Waals surface area contributed by atoms with Gasteiger partial charge in [-0.3, -0.25) is 4.98 Å². The maximum atomic E-state index is 14.7. The van der Waals surface area contributed by atoms with Gasteiger partial charge in [0.05, 0.1) is 16.8 Å². The molecule has 2 atom stereocenters. The molecule has 1 aromatic heterocycles.